The highest BCUT2D eigenvalue weighted by Gasteiger charge is 2.29. The van der Waals surface area contributed by atoms with Crippen LogP contribution in [0, 0.1) is 6.92 Å². The molecular formula is C19H19F2N7O2. The van der Waals surface area contributed by atoms with E-state index >= 15 is 0 Å². The molecular weight excluding hydrogens is 396 g/mol. The summed E-state index contributed by atoms with van der Waals surface area (Å²) in [5.41, 5.74) is 1.76. The predicted octanol–water partition coefficient (Wildman–Crippen LogP) is 3.46. The number of amides is 1. The fraction of sp³-hybridized carbons (Fsp3) is 0.263. The van der Waals surface area contributed by atoms with Crippen molar-refractivity contribution in [3.63, 3.8) is 0 Å². The van der Waals surface area contributed by atoms with Gasteiger partial charge in [0.15, 0.2) is 0 Å². The van der Waals surface area contributed by atoms with Crippen LogP contribution in [0.4, 0.5) is 26.1 Å². The molecule has 0 fully saturated rings. The number of carbonyl (C=O) groups excluding carboxylic acids is 1. The van der Waals surface area contributed by atoms with E-state index < -0.39 is 11.7 Å². The number of nitrogens with one attached hydrogen (secondary N) is 2. The second kappa shape index (κ2) is 8.31. The fourth-order valence-corrected chi connectivity index (χ4v) is 2.55. The molecule has 0 aliphatic heterocycles. The molecule has 0 spiro atoms. The number of aryl methyl sites for hydroxylation is 1. The number of carbonyl (C=O) groups is 1. The van der Waals surface area contributed by atoms with Crippen LogP contribution in [0.5, 0.6) is 5.88 Å². The lowest BCUT2D eigenvalue weighted by Crippen LogP contribution is -2.14. The number of nitrogens with zero attached hydrogens (tertiary/aromatic N) is 5. The highest BCUT2D eigenvalue weighted by molar-refractivity contribution is 5.89. The summed E-state index contributed by atoms with van der Waals surface area (Å²) in [6.45, 7) is 3.67. The number of hydrogen-bond acceptors (Lipinski definition) is 8. The van der Waals surface area contributed by atoms with Crippen LogP contribution < -0.4 is 15.4 Å². The van der Waals surface area contributed by atoms with E-state index in [1.165, 1.54) is 26.3 Å². The predicted molar refractivity (Wildman–Crippen MR) is 106 cm³/mol. The topological polar surface area (TPSA) is 115 Å². The molecule has 0 saturated carbocycles. The van der Waals surface area contributed by atoms with Gasteiger partial charge in [-0.2, -0.15) is 8.78 Å². The molecule has 0 aliphatic rings. The van der Waals surface area contributed by atoms with E-state index in [-0.39, 0.29) is 17.5 Å². The molecule has 0 aliphatic carbocycles. The van der Waals surface area contributed by atoms with Crippen molar-refractivity contribution in [1.29, 1.82) is 0 Å². The largest absolute Gasteiger partial charge is 0.480 e. The van der Waals surface area contributed by atoms with Crippen LogP contribution in [-0.2, 0) is 10.7 Å². The minimum atomic E-state index is -3.20. The number of pyridine rings is 1. The summed E-state index contributed by atoms with van der Waals surface area (Å²) in [7, 11) is 1.47. The van der Waals surface area contributed by atoms with Gasteiger partial charge in [-0.25, -0.2) is 15.0 Å². The molecule has 0 radical (unpaired) electrons. The zero-order valence-electron chi connectivity index (χ0n) is 16.7. The van der Waals surface area contributed by atoms with Gasteiger partial charge in [0, 0.05) is 49.5 Å². The minimum Gasteiger partial charge on any atom is -0.480 e. The quantitative estimate of drug-likeness (QED) is 0.629. The Morgan fingerprint density at radius 1 is 1.13 bits per heavy atom. The third kappa shape index (κ3) is 4.99. The molecule has 3 heterocycles. The molecule has 156 valence electrons. The van der Waals surface area contributed by atoms with Crippen LogP contribution in [-0.4, -0.2) is 38.2 Å². The van der Waals surface area contributed by atoms with E-state index in [4.69, 9.17) is 4.74 Å². The normalized spacial score (nSPS) is 11.1. The van der Waals surface area contributed by atoms with Crippen LogP contribution >= 0.6 is 0 Å². The lowest BCUT2D eigenvalue weighted by Gasteiger charge is -2.15. The summed E-state index contributed by atoms with van der Waals surface area (Å²) >= 11 is 0. The summed E-state index contributed by atoms with van der Waals surface area (Å²) in [5, 5.41) is 13.6. The van der Waals surface area contributed by atoms with Crippen LogP contribution in [0.25, 0.3) is 11.3 Å². The Morgan fingerprint density at radius 3 is 2.50 bits per heavy atom. The zero-order valence-corrected chi connectivity index (χ0v) is 16.7. The maximum atomic E-state index is 13.7. The molecule has 0 bridgehead atoms. The Balaban J connectivity index is 2.06. The highest BCUT2D eigenvalue weighted by Crippen LogP contribution is 2.31. The molecule has 3 aromatic rings. The van der Waals surface area contributed by atoms with Gasteiger partial charge in [0.25, 0.3) is 0 Å². The van der Waals surface area contributed by atoms with E-state index in [0.717, 1.165) is 6.92 Å². The van der Waals surface area contributed by atoms with Crippen LogP contribution in [0.3, 0.4) is 0 Å². The number of ether oxygens (including phenoxy) is 1. The summed E-state index contributed by atoms with van der Waals surface area (Å²) < 4.78 is 32.5. The molecule has 3 aromatic heterocycles. The number of anilines is 3. The van der Waals surface area contributed by atoms with Crippen molar-refractivity contribution in [2.24, 2.45) is 0 Å². The Labute approximate surface area is 171 Å². The smallest absolute Gasteiger partial charge is 0.303 e. The SMILES string of the molecule is COc1ccc(-c2cnc(NC(C)=O)cc2Nc2cc(C)nc(C(C)(F)F)n2)nn1. The number of halogens is 2. The molecule has 3 rings (SSSR count). The Kier molecular flexibility index (Phi) is 5.81. The number of methoxy groups -OCH3 is 1. The average Bonchev–Trinajstić information content (AvgIpc) is 2.67. The van der Waals surface area contributed by atoms with Gasteiger partial charge in [0.05, 0.1) is 18.5 Å². The van der Waals surface area contributed by atoms with E-state index in [0.29, 0.717) is 28.5 Å². The summed E-state index contributed by atoms with van der Waals surface area (Å²) in [6.07, 6.45) is 1.48. The van der Waals surface area contributed by atoms with Crippen LogP contribution in [0.1, 0.15) is 25.4 Å². The second-order valence-electron chi connectivity index (χ2n) is 6.49. The highest BCUT2D eigenvalue weighted by atomic mass is 19.3. The van der Waals surface area contributed by atoms with Gasteiger partial charge in [0.1, 0.15) is 11.6 Å². The van der Waals surface area contributed by atoms with Crippen molar-refractivity contribution < 1.29 is 18.3 Å². The van der Waals surface area contributed by atoms with Gasteiger partial charge in [-0.3, -0.25) is 4.79 Å². The molecule has 11 heteroatoms. The lowest BCUT2D eigenvalue weighted by molar-refractivity contribution is -0.114. The first-order valence-corrected chi connectivity index (χ1v) is 8.82. The lowest BCUT2D eigenvalue weighted by atomic mass is 10.1. The third-order valence-corrected chi connectivity index (χ3v) is 3.84. The standard InChI is InChI=1S/C19H19F2N7O2/c1-10-7-16(26-18(23-10)19(3,20)21)25-14-8-15(24-11(2)29)22-9-12(14)13-5-6-17(30-4)28-27-13/h5-9H,1-4H3,(H2,22,23,24,25,26,29). The summed E-state index contributed by atoms with van der Waals surface area (Å²) in [4.78, 5) is 23.3. The molecule has 0 unspecified atom stereocenters. The molecule has 0 saturated heterocycles. The Morgan fingerprint density at radius 2 is 1.90 bits per heavy atom. The molecule has 0 aromatic carbocycles. The van der Waals surface area contributed by atoms with Crippen molar-refractivity contribution in [3.05, 3.63) is 42.0 Å². The first-order valence-electron chi connectivity index (χ1n) is 8.82. The van der Waals surface area contributed by atoms with Crippen molar-refractivity contribution in [3.8, 4) is 17.1 Å². The molecule has 30 heavy (non-hydrogen) atoms. The Hall–Kier alpha value is -3.76. The zero-order chi connectivity index (χ0) is 21.9. The summed E-state index contributed by atoms with van der Waals surface area (Å²) in [5.74, 6) is -3.36. The molecule has 0 atom stereocenters. The van der Waals surface area contributed by atoms with E-state index in [1.807, 2.05) is 0 Å². The number of aromatic nitrogens is 5. The van der Waals surface area contributed by atoms with E-state index in [9.17, 15) is 13.6 Å². The second-order valence-corrected chi connectivity index (χ2v) is 6.49. The number of hydrogen-bond donors (Lipinski definition) is 2. The molecule has 2 N–H and O–H groups in total. The van der Waals surface area contributed by atoms with Gasteiger partial charge in [-0.15, -0.1) is 10.2 Å². The van der Waals surface area contributed by atoms with Crippen LogP contribution in [0.2, 0.25) is 0 Å². The van der Waals surface area contributed by atoms with E-state index in [2.05, 4.69) is 35.8 Å². The van der Waals surface area contributed by atoms with E-state index in [1.54, 1.807) is 25.1 Å². The van der Waals surface area contributed by atoms with Gasteiger partial charge < -0.3 is 15.4 Å². The van der Waals surface area contributed by atoms with Gasteiger partial charge in [-0.1, -0.05) is 0 Å². The monoisotopic (exact) mass is 415 g/mol. The van der Waals surface area contributed by atoms with Crippen molar-refractivity contribution >= 4 is 23.2 Å². The Bertz CT molecular complexity index is 1070. The third-order valence-electron chi connectivity index (χ3n) is 3.84. The van der Waals surface area contributed by atoms with Crippen molar-refractivity contribution in [1.82, 2.24) is 25.1 Å². The molecule has 1 amide bonds. The van der Waals surface area contributed by atoms with Crippen molar-refractivity contribution in [2.75, 3.05) is 17.7 Å². The fourth-order valence-electron chi connectivity index (χ4n) is 2.55. The minimum absolute atomic E-state index is 0.154. The van der Waals surface area contributed by atoms with Gasteiger partial charge in [0.2, 0.25) is 17.6 Å². The summed E-state index contributed by atoms with van der Waals surface area (Å²) in [6, 6.07) is 6.36. The maximum Gasteiger partial charge on any atom is 0.303 e. The van der Waals surface area contributed by atoms with Crippen molar-refractivity contribution in [2.45, 2.75) is 26.7 Å². The number of alkyl halides is 2. The van der Waals surface area contributed by atoms with Gasteiger partial charge >= 0.3 is 5.92 Å². The van der Waals surface area contributed by atoms with Gasteiger partial charge in [-0.05, 0) is 13.0 Å². The molecule has 9 nitrogen and oxygen atoms in total. The van der Waals surface area contributed by atoms with Crippen LogP contribution in [0.15, 0.2) is 30.5 Å². The maximum absolute atomic E-state index is 13.7. The first-order chi connectivity index (χ1) is 14.2. The first kappa shape index (κ1) is 21.0. The average molecular weight is 415 g/mol. The number of rotatable bonds is 6.